The smallest absolute Gasteiger partial charge is 0.266 e. The van der Waals surface area contributed by atoms with Crippen LogP contribution in [0.1, 0.15) is 143 Å². The first-order valence-electron chi connectivity index (χ1n) is 32.6. The molecule has 3 aromatic carbocycles. The van der Waals surface area contributed by atoms with E-state index in [0.29, 0.717) is 118 Å². The van der Waals surface area contributed by atoms with Crippen molar-refractivity contribution in [2.24, 2.45) is 29.6 Å². The molecular weight excluding hydrogens is 1210 g/mol. The lowest BCUT2D eigenvalue weighted by molar-refractivity contribution is -0.127. The summed E-state index contributed by atoms with van der Waals surface area (Å²) in [6.07, 6.45) is 19.6. The van der Waals surface area contributed by atoms with Crippen LogP contribution in [0.2, 0.25) is 5.02 Å². The van der Waals surface area contributed by atoms with E-state index in [2.05, 4.69) is 47.9 Å². The van der Waals surface area contributed by atoms with Gasteiger partial charge in [0.2, 0.25) is 11.8 Å². The van der Waals surface area contributed by atoms with Gasteiger partial charge in [-0.1, -0.05) is 66.8 Å². The van der Waals surface area contributed by atoms with Gasteiger partial charge in [0.1, 0.15) is 22.7 Å². The number of pyridine rings is 1. The van der Waals surface area contributed by atoms with E-state index in [1.807, 2.05) is 55.6 Å². The van der Waals surface area contributed by atoms with Gasteiger partial charge >= 0.3 is 0 Å². The molecule has 4 aliphatic carbocycles. The number of aliphatic hydroxyl groups excluding tert-OH is 1. The van der Waals surface area contributed by atoms with Crippen LogP contribution < -0.4 is 30.7 Å². The number of fused-ring (bicyclic) bond motifs is 1. The number of nitrogens with one attached hydrogen (secondary N) is 5. The molecule has 0 radical (unpaired) electrons. The number of amides is 3. The van der Waals surface area contributed by atoms with E-state index in [1.54, 1.807) is 23.4 Å². The number of aliphatic hydroxyl groups is 1. The van der Waals surface area contributed by atoms with Gasteiger partial charge in [0.25, 0.3) is 15.9 Å². The van der Waals surface area contributed by atoms with Crippen molar-refractivity contribution in [3.05, 3.63) is 107 Å². The minimum atomic E-state index is -4.35. The highest BCUT2D eigenvalue weighted by molar-refractivity contribution is 7.93. The van der Waals surface area contributed by atoms with Gasteiger partial charge in [-0.05, 0) is 174 Å². The number of thiazole rings is 1. The summed E-state index contributed by atoms with van der Waals surface area (Å²) in [5, 5.41) is 23.3. The number of halogens is 2. The molecule has 6 N–H and O–H groups in total. The average molecular weight is 1300 g/mol. The molecule has 0 spiro atoms. The molecule has 1 unspecified atom stereocenters. The fourth-order valence-electron chi connectivity index (χ4n) is 14.0. The van der Waals surface area contributed by atoms with Crippen LogP contribution in [0.3, 0.4) is 0 Å². The van der Waals surface area contributed by atoms with E-state index in [1.165, 1.54) is 54.7 Å². The number of nitrogens with zero attached hydrogens (tertiary/aromatic N) is 4. The maximum Gasteiger partial charge on any atom is 0.266 e. The lowest BCUT2D eigenvalue weighted by atomic mass is 9.78. The zero-order chi connectivity index (χ0) is 63.0. The second-order valence-electron chi connectivity index (χ2n) is 25.4. The Morgan fingerprint density at radius 2 is 1.48 bits per heavy atom. The third-order valence-corrected chi connectivity index (χ3v) is 22.0. The number of likely N-dealkylation sites (tertiary alicyclic amines) is 1. The Labute approximate surface area is 538 Å². The molecule has 5 fully saturated rings. The molecule has 1 saturated heterocycles. The first-order chi connectivity index (χ1) is 43.6. The van der Waals surface area contributed by atoms with E-state index < -0.39 is 32.9 Å². The highest BCUT2D eigenvalue weighted by Crippen LogP contribution is 2.41. The SMILES string of the molecule is CN(CCOCC1CCC(CNC(=O)C2CCC(c3ccc(C(=O)NCCOCCOCCNC(=O)[C@H]4CC(O)N(C)[C@@H]4c4cccnc4)cc3)CC2)CC1)[C@H]1CCCC[C@@H]1Nc1cc(F)c(S(=O)(=O)Nc2nc3ccc(OCC4CCCC4)cc3s2)cc1Cl. The Morgan fingerprint density at radius 3 is 2.22 bits per heavy atom. The molecule has 1 aliphatic heterocycles. The number of hydrogen-bond acceptors (Lipinski definition) is 16. The number of anilines is 2. The Kier molecular flexibility index (Phi) is 24.6. The number of ether oxygens (including phenoxy) is 4. The van der Waals surface area contributed by atoms with Gasteiger partial charge in [0.05, 0.1) is 72.5 Å². The third-order valence-electron chi connectivity index (χ3n) is 19.3. The number of aromatic nitrogens is 2. The van der Waals surface area contributed by atoms with Crippen LogP contribution in [-0.2, 0) is 33.8 Å². The number of benzene rings is 3. The average Bonchev–Trinajstić information content (AvgIpc) is 1.99. The largest absolute Gasteiger partial charge is 0.493 e. The predicted octanol–water partition coefficient (Wildman–Crippen LogP) is 10.3. The van der Waals surface area contributed by atoms with Gasteiger partial charge in [-0.3, -0.25) is 33.9 Å². The topological polar surface area (TPSA) is 235 Å². The summed E-state index contributed by atoms with van der Waals surface area (Å²) in [5.74, 6) is 1.16. The van der Waals surface area contributed by atoms with Crippen LogP contribution in [0.4, 0.5) is 15.2 Å². The number of sulfonamides is 1. The standard InChI is InChI=1S/C67H91ClFN9O10S2/c1-77(59-12-6-5-11-56(59)74-58-39-55(69)61(38-54(58)68)90(83,84)76-67-75-57-26-25-52(36-60(57)89-67)88-43-45-8-3-4-9-45)30-33-87-42-46-15-13-44(14-16-46)40-73-65(81)50-23-19-48(20-24-50)47-17-21-49(22-18-47)64(80)71-28-31-85-34-35-86-32-29-72-66(82)53-37-62(79)78(2)63(53)51-10-7-27-70-41-51/h7,10,17-18,21-22,25-27,36,38-39,41,44-46,48,50,53,56,59,62-63,74,79H,3-6,8-9,11-16,19-20,23-24,28-35,37,40,42-43H2,1-2H3,(H,71,80)(H,72,82)(H,73,81)(H,75,76)/t44?,46?,48?,50?,53-,56-,59-,62?,63+/m0/s1. The van der Waals surface area contributed by atoms with Crippen molar-refractivity contribution in [3.63, 3.8) is 0 Å². The summed E-state index contributed by atoms with van der Waals surface area (Å²) in [6.45, 7) is 5.46. The van der Waals surface area contributed by atoms with Crippen molar-refractivity contribution >= 4 is 71.7 Å². The Bertz CT molecular complexity index is 3240. The van der Waals surface area contributed by atoms with Gasteiger partial charge in [0, 0.05) is 75.2 Å². The van der Waals surface area contributed by atoms with Crippen molar-refractivity contribution in [2.45, 2.75) is 144 Å². The van der Waals surface area contributed by atoms with Crippen LogP contribution in [0.15, 0.2) is 84.0 Å². The molecule has 3 heterocycles. The highest BCUT2D eigenvalue weighted by Gasteiger charge is 2.43. The zero-order valence-electron chi connectivity index (χ0n) is 52.1. The number of carbonyl (C=O) groups is 3. The van der Waals surface area contributed by atoms with Crippen LogP contribution in [0, 0.1) is 35.4 Å². The molecule has 2 aromatic heterocycles. The van der Waals surface area contributed by atoms with Crippen LogP contribution >= 0.6 is 22.9 Å². The predicted molar refractivity (Wildman–Crippen MR) is 348 cm³/mol. The minimum absolute atomic E-state index is 0.0164. The van der Waals surface area contributed by atoms with E-state index in [4.69, 9.17) is 30.5 Å². The van der Waals surface area contributed by atoms with Gasteiger partial charge < -0.3 is 45.3 Å². The number of likely N-dealkylation sites (N-methyl/N-ethyl adjacent to an activating group) is 1. The molecule has 5 aliphatic rings. The number of carbonyl (C=O) groups excluding carboxylic acids is 3. The first kappa shape index (κ1) is 67.3. The molecular formula is C67H91ClFN9O10S2. The van der Waals surface area contributed by atoms with Gasteiger partial charge in [-0.25, -0.2) is 17.8 Å². The minimum Gasteiger partial charge on any atom is -0.493 e. The van der Waals surface area contributed by atoms with Crippen molar-refractivity contribution in [2.75, 3.05) is 96.6 Å². The maximum absolute atomic E-state index is 15.8. The van der Waals surface area contributed by atoms with Crippen molar-refractivity contribution in [3.8, 4) is 5.75 Å². The molecule has 90 heavy (non-hydrogen) atoms. The van der Waals surface area contributed by atoms with Crippen LogP contribution in [0.5, 0.6) is 5.75 Å². The zero-order valence-corrected chi connectivity index (χ0v) is 54.4. The third kappa shape index (κ3) is 18.4. The van der Waals surface area contributed by atoms with Crippen molar-refractivity contribution in [1.29, 1.82) is 0 Å². The second-order valence-corrected chi connectivity index (χ2v) is 28.5. The molecule has 5 aromatic rings. The maximum atomic E-state index is 15.8. The van der Waals surface area contributed by atoms with Gasteiger partial charge in [-0.2, -0.15) is 0 Å². The molecule has 19 nitrogen and oxygen atoms in total. The first-order valence-corrected chi connectivity index (χ1v) is 35.3. The van der Waals surface area contributed by atoms with E-state index in [0.717, 1.165) is 93.9 Å². The monoisotopic (exact) mass is 1300 g/mol. The second kappa shape index (κ2) is 32.8. The fraction of sp³-hybridized carbons (Fsp3) is 0.597. The fourth-order valence-corrected chi connectivity index (χ4v) is 16.5. The summed E-state index contributed by atoms with van der Waals surface area (Å²) in [6, 6.07) is 19.3. The normalized spacial score (nSPS) is 24.3. The van der Waals surface area contributed by atoms with E-state index >= 15 is 4.39 Å². The molecule has 3 amide bonds. The number of hydrogen-bond donors (Lipinski definition) is 6. The van der Waals surface area contributed by atoms with Crippen molar-refractivity contribution < 1.29 is 51.2 Å². The lowest BCUT2D eigenvalue weighted by Gasteiger charge is -2.39. The van der Waals surface area contributed by atoms with E-state index in [-0.39, 0.29) is 51.9 Å². The van der Waals surface area contributed by atoms with Gasteiger partial charge in [0.15, 0.2) is 5.13 Å². The molecule has 490 valence electrons. The Balaban J connectivity index is 0.554. The molecule has 0 bridgehead atoms. The molecule has 4 saturated carbocycles. The van der Waals surface area contributed by atoms with Crippen LogP contribution in [0.25, 0.3) is 10.2 Å². The van der Waals surface area contributed by atoms with E-state index in [9.17, 15) is 27.9 Å². The van der Waals surface area contributed by atoms with Gasteiger partial charge in [-0.15, -0.1) is 0 Å². The lowest BCUT2D eigenvalue weighted by Crippen LogP contribution is -2.48. The molecule has 23 heteroatoms. The Hall–Kier alpha value is -5.56. The summed E-state index contributed by atoms with van der Waals surface area (Å²) < 4.78 is 69.7. The number of rotatable bonds is 30. The molecule has 10 rings (SSSR count). The van der Waals surface area contributed by atoms with Crippen molar-refractivity contribution in [1.82, 2.24) is 35.7 Å². The highest BCUT2D eigenvalue weighted by atomic mass is 35.5. The molecule has 5 atom stereocenters. The summed E-state index contributed by atoms with van der Waals surface area (Å²) in [5.41, 5.74) is 3.64. The van der Waals surface area contributed by atoms with Crippen LogP contribution in [-0.4, -0.2) is 156 Å². The quantitative estimate of drug-likeness (QED) is 0.0235. The summed E-state index contributed by atoms with van der Waals surface area (Å²) in [7, 11) is -0.445. The summed E-state index contributed by atoms with van der Waals surface area (Å²) in [4.78, 5) is 51.4. The Morgan fingerprint density at radius 1 is 0.767 bits per heavy atom. The summed E-state index contributed by atoms with van der Waals surface area (Å²) >= 11 is 7.89.